The summed E-state index contributed by atoms with van der Waals surface area (Å²) in [7, 11) is 0. The molecule has 41 heavy (non-hydrogen) atoms. The number of carbonyl (C=O) groups is 2. The van der Waals surface area contributed by atoms with Crippen LogP contribution in [0, 0.1) is 5.82 Å². The van der Waals surface area contributed by atoms with Gasteiger partial charge in [-0.3, -0.25) is 9.69 Å². The Bertz CT molecular complexity index is 1550. The van der Waals surface area contributed by atoms with E-state index in [4.69, 9.17) is 4.74 Å². The van der Waals surface area contributed by atoms with Crippen molar-refractivity contribution < 1.29 is 23.8 Å². The summed E-state index contributed by atoms with van der Waals surface area (Å²) in [5, 5.41) is 13.0. The Kier molecular flexibility index (Phi) is 8.44. The lowest BCUT2D eigenvalue weighted by Crippen LogP contribution is -2.29. The van der Waals surface area contributed by atoms with Crippen LogP contribution in [0.4, 0.5) is 14.9 Å². The number of allylic oxidation sites excluding steroid dienone is 1. The van der Waals surface area contributed by atoms with Gasteiger partial charge in [0.2, 0.25) is 0 Å². The summed E-state index contributed by atoms with van der Waals surface area (Å²) in [4.78, 5) is 28.0. The molecule has 6 nitrogen and oxygen atoms in total. The van der Waals surface area contributed by atoms with Crippen LogP contribution in [0.15, 0.2) is 109 Å². The normalized spacial score (nSPS) is 16.6. The van der Waals surface area contributed by atoms with Crippen LogP contribution in [-0.2, 0) is 0 Å². The molecule has 0 saturated carbocycles. The molecule has 1 fully saturated rings. The molecule has 0 aromatic heterocycles. The molecule has 1 saturated heterocycles. The lowest BCUT2D eigenvalue weighted by Gasteiger charge is -2.28. The maximum Gasteiger partial charge on any atom is 0.323 e. The minimum Gasteiger partial charge on any atom is -0.508 e. The number of carbonyl (C=O) groups excluding carboxylic acids is 2. The average Bonchev–Trinajstić information content (AvgIpc) is 3.32. The van der Waals surface area contributed by atoms with Gasteiger partial charge in [-0.05, 0) is 78.2 Å². The Morgan fingerprint density at radius 1 is 0.976 bits per heavy atom. The third-order valence-electron chi connectivity index (χ3n) is 7.01. The number of ether oxygens (including phenoxy) is 1. The molecule has 4 aromatic rings. The quantitative estimate of drug-likeness (QED) is 0.122. The molecule has 0 bridgehead atoms. The number of nitrogens with one attached hydrogen (secondary N) is 1. The number of ketones is 1. The largest absolute Gasteiger partial charge is 0.508 e. The van der Waals surface area contributed by atoms with Crippen LogP contribution in [0.25, 0.3) is 11.1 Å². The molecule has 0 spiro atoms. The van der Waals surface area contributed by atoms with E-state index in [2.05, 4.69) is 12.2 Å². The Hall–Kier alpha value is -4.91. The van der Waals surface area contributed by atoms with E-state index >= 15 is 0 Å². The fourth-order valence-corrected chi connectivity index (χ4v) is 4.93. The second-order valence-corrected chi connectivity index (χ2v) is 9.86. The van der Waals surface area contributed by atoms with Crippen LogP contribution in [-0.4, -0.2) is 29.6 Å². The number of amides is 2. The van der Waals surface area contributed by atoms with Crippen molar-refractivity contribution in [3.63, 3.8) is 0 Å². The van der Waals surface area contributed by atoms with Gasteiger partial charge in [-0.25, -0.2) is 9.18 Å². The number of rotatable bonds is 10. The number of hydrogen-bond acceptors (Lipinski definition) is 4. The van der Waals surface area contributed by atoms with Crippen LogP contribution in [0.3, 0.4) is 0 Å². The molecule has 4 aromatic carbocycles. The Labute approximate surface area is 238 Å². The number of aromatic hydroxyl groups is 1. The van der Waals surface area contributed by atoms with Gasteiger partial charge in [0, 0.05) is 16.8 Å². The van der Waals surface area contributed by atoms with Gasteiger partial charge >= 0.3 is 6.03 Å². The van der Waals surface area contributed by atoms with Gasteiger partial charge in [0.25, 0.3) is 0 Å². The first-order valence-corrected chi connectivity index (χ1v) is 13.6. The van der Waals surface area contributed by atoms with E-state index < -0.39 is 17.9 Å². The summed E-state index contributed by atoms with van der Waals surface area (Å²) < 4.78 is 19.7. The SMILES string of the molecule is CCCCOc1cc(-c2cccc(O)c2)ccc1[C@@H]1[C@H](/C=C/C(=O)c2ccc(F)cc2)NC(=O)N1c1ccccc1. The van der Waals surface area contributed by atoms with Crippen LogP contribution < -0.4 is 15.0 Å². The van der Waals surface area contributed by atoms with Crippen molar-refractivity contribution in [1.29, 1.82) is 0 Å². The number of halogens is 1. The molecular formula is C34H31FN2O4. The van der Waals surface area contributed by atoms with E-state index in [1.165, 1.54) is 30.3 Å². The van der Waals surface area contributed by atoms with E-state index in [0.29, 0.717) is 23.6 Å². The standard InChI is InChI=1S/C34H31FN2O4/c1-2-3-20-41-32-22-25(24-8-7-11-28(38)21-24)14-17-29(32)33-30(18-19-31(39)23-12-15-26(35)16-13-23)36-34(40)37(33)27-9-5-4-6-10-27/h4-19,21-22,30,33,38H,2-3,20H2,1H3,(H,36,40)/b19-18+/t30-,33+/m0/s1. The summed E-state index contributed by atoms with van der Waals surface area (Å²) in [5.41, 5.74) is 3.52. The molecule has 2 N–H and O–H groups in total. The van der Waals surface area contributed by atoms with Crippen LogP contribution >= 0.6 is 0 Å². The van der Waals surface area contributed by atoms with Gasteiger partial charge in [-0.1, -0.05) is 61.9 Å². The van der Waals surface area contributed by atoms with Gasteiger partial charge in [0.05, 0.1) is 18.7 Å². The highest BCUT2D eigenvalue weighted by Crippen LogP contribution is 2.41. The average molecular weight is 551 g/mol. The summed E-state index contributed by atoms with van der Waals surface area (Å²) in [6, 6.07) is 26.1. The van der Waals surface area contributed by atoms with Crippen molar-refractivity contribution in [2.45, 2.75) is 31.8 Å². The molecule has 2 amide bonds. The molecule has 1 heterocycles. The number of unbranched alkanes of at least 4 members (excludes halogenated alkanes) is 1. The minimum atomic E-state index is -0.563. The Morgan fingerprint density at radius 2 is 1.73 bits per heavy atom. The summed E-state index contributed by atoms with van der Waals surface area (Å²) in [5.74, 6) is 0.0635. The van der Waals surface area contributed by atoms with Crippen LogP contribution in [0.1, 0.15) is 41.7 Å². The van der Waals surface area contributed by atoms with E-state index in [9.17, 15) is 19.1 Å². The number of benzene rings is 4. The molecule has 208 valence electrons. The van der Waals surface area contributed by atoms with Crippen LogP contribution in [0.5, 0.6) is 11.5 Å². The second-order valence-electron chi connectivity index (χ2n) is 9.86. The highest BCUT2D eigenvalue weighted by atomic mass is 19.1. The monoisotopic (exact) mass is 550 g/mol. The second kappa shape index (κ2) is 12.5. The van der Waals surface area contributed by atoms with Gasteiger partial charge in [0.1, 0.15) is 17.3 Å². The summed E-state index contributed by atoms with van der Waals surface area (Å²) in [6.45, 7) is 2.58. The minimum absolute atomic E-state index is 0.164. The highest BCUT2D eigenvalue weighted by Gasteiger charge is 2.41. The molecule has 7 heteroatoms. The predicted octanol–water partition coefficient (Wildman–Crippen LogP) is 7.46. The van der Waals surface area contributed by atoms with Crippen molar-refractivity contribution in [3.05, 3.63) is 126 Å². The number of nitrogens with zero attached hydrogens (tertiary/aromatic N) is 1. The molecule has 1 aliphatic heterocycles. The number of phenols is 1. The topological polar surface area (TPSA) is 78.9 Å². The fourth-order valence-electron chi connectivity index (χ4n) is 4.93. The summed E-state index contributed by atoms with van der Waals surface area (Å²) >= 11 is 0. The van der Waals surface area contributed by atoms with Gasteiger partial charge in [-0.15, -0.1) is 0 Å². The number of para-hydroxylation sites is 1. The maximum absolute atomic E-state index is 13.4. The zero-order valence-corrected chi connectivity index (χ0v) is 22.7. The van der Waals surface area contributed by atoms with Crippen molar-refractivity contribution in [2.75, 3.05) is 11.5 Å². The number of hydrogen-bond donors (Lipinski definition) is 2. The molecule has 0 aliphatic carbocycles. The Balaban J connectivity index is 1.57. The molecule has 0 radical (unpaired) electrons. The van der Waals surface area contributed by atoms with Crippen molar-refractivity contribution in [3.8, 4) is 22.6 Å². The van der Waals surface area contributed by atoms with E-state index in [1.807, 2.05) is 54.6 Å². The number of anilines is 1. The Morgan fingerprint density at radius 3 is 2.46 bits per heavy atom. The highest BCUT2D eigenvalue weighted by molar-refractivity contribution is 6.04. The lowest BCUT2D eigenvalue weighted by molar-refractivity contribution is 0.104. The first-order valence-electron chi connectivity index (χ1n) is 13.6. The third kappa shape index (κ3) is 6.30. The van der Waals surface area contributed by atoms with E-state index in [1.54, 1.807) is 29.2 Å². The third-order valence-corrected chi connectivity index (χ3v) is 7.01. The lowest BCUT2D eigenvalue weighted by atomic mass is 9.94. The first-order chi connectivity index (χ1) is 19.9. The van der Waals surface area contributed by atoms with Crippen LogP contribution in [0.2, 0.25) is 0 Å². The molecule has 2 atom stereocenters. The van der Waals surface area contributed by atoms with E-state index in [0.717, 1.165) is 29.5 Å². The number of phenolic OH excluding ortho intramolecular Hbond substituents is 1. The first kappa shape index (κ1) is 27.6. The van der Waals surface area contributed by atoms with Crippen molar-refractivity contribution in [2.24, 2.45) is 0 Å². The smallest absolute Gasteiger partial charge is 0.323 e. The maximum atomic E-state index is 13.4. The number of urea groups is 1. The summed E-state index contributed by atoms with van der Waals surface area (Å²) in [6.07, 6.45) is 4.90. The molecular weight excluding hydrogens is 519 g/mol. The fraction of sp³-hybridized carbons (Fsp3) is 0.176. The molecule has 1 aliphatic rings. The van der Waals surface area contributed by atoms with Gasteiger partial charge < -0.3 is 15.2 Å². The zero-order chi connectivity index (χ0) is 28.8. The molecule has 0 unspecified atom stereocenters. The molecule has 5 rings (SSSR count). The zero-order valence-electron chi connectivity index (χ0n) is 22.7. The predicted molar refractivity (Wildman–Crippen MR) is 158 cm³/mol. The van der Waals surface area contributed by atoms with Crippen molar-refractivity contribution >= 4 is 17.5 Å². The van der Waals surface area contributed by atoms with Gasteiger partial charge in [-0.2, -0.15) is 0 Å². The van der Waals surface area contributed by atoms with Gasteiger partial charge in [0.15, 0.2) is 5.78 Å². The van der Waals surface area contributed by atoms with Crippen molar-refractivity contribution in [1.82, 2.24) is 5.32 Å². The van der Waals surface area contributed by atoms with E-state index in [-0.39, 0.29) is 17.6 Å².